The lowest BCUT2D eigenvalue weighted by Crippen LogP contribution is -2.48. The number of amides is 1. The summed E-state index contributed by atoms with van der Waals surface area (Å²) in [5.41, 5.74) is 0.588. The molecule has 1 aromatic heterocycles. The van der Waals surface area contributed by atoms with Crippen LogP contribution in [0.1, 0.15) is 63.1 Å². The molecular weight excluding hydrogens is 369 g/mol. The summed E-state index contributed by atoms with van der Waals surface area (Å²) in [6.45, 7) is 3.03. The van der Waals surface area contributed by atoms with Crippen molar-refractivity contribution in [2.75, 3.05) is 18.4 Å². The highest BCUT2D eigenvalue weighted by atomic mass is 19.4. The van der Waals surface area contributed by atoms with Crippen LogP contribution in [-0.4, -0.2) is 45.9 Å². The first-order valence-electron chi connectivity index (χ1n) is 10.5. The van der Waals surface area contributed by atoms with Gasteiger partial charge in [-0.25, -0.2) is 4.68 Å². The third-order valence-corrected chi connectivity index (χ3v) is 6.72. The summed E-state index contributed by atoms with van der Waals surface area (Å²) in [5, 5.41) is 7.34. The van der Waals surface area contributed by atoms with Crippen LogP contribution < -0.4 is 5.32 Å². The fraction of sp³-hybridized carbons (Fsp3) is 0.800. The fourth-order valence-electron chi connectivity index (χ4n) is 5.16. The van der Waals surface area contributed by atoms with Crippen molar-refractivity contribution in [2.24, 2.45) is 11.8 Å². The molecule has 5 nitrogen and oxygen atoms in total. The number of carbonyl (C=O) groups is 1. The van der Waals surface area contributed by atoms with Gasteiger partial charge in [-0.1, -0.05) is 19.3 Å². The molecule has 1 N–H and O–H groups in total. The van der Waals surface area contributed by atoms with Gasteiger partial charge < -0.3 is 10.2 Å². The van der Waals surface area contributed by atoms with Gasteiger partial charge >= 0.3 is 6.18 Å². The van der Waals surface area contributed by atoms with Crippen LogP contribution in [0.3, 0.4) is 0 Å². The summed E-state index contributed by atoms with van der Waals surface area (Å²) in [4.78, 5) is 14.7. The highest BCUT2D eigenvalue weighted by Crippen LogP contribution is 2.42. The maximum absolute atomic E-state index is 13.6. The summed E-state index contributed by atoms with van der Waals surface area (Å²) in [7, 11) is 0. The van der Waals surface area contributed by atoms with Crippen LogP contribution in [0.25, 0.3) is 0 Å². The van der Waals surface area contributed by atoms with E-state index in [9.17, 15) is 18.0 Å². The topological polar surface area (TPSA) is 50.2 Å². The van der Waals surface area contributed by atoms with Gasteiger partial charge in [-0.15, -0.1) is 0 Å². The summed E-state index contributed by atoms with van der Waals surface area (Å²) in [6.07, 6.45) is 2.65. The zero-order valence-corrected chi connectivity index (χ0v) is 16.3. The molecule has 0 radical (unpaired) electrons. The van der Waals surface area contributed by atoms with Crippen molar-refractivity contribution >= 4 is 11.7 Å². The standard InChI is InChI=1S/C20H29F3N4O/c1-13-11-18-24-16(12-17(20(21,22)23)27(18)25-13)14-7-9-26(10-8-14)19(28)15-5-3-2-4-6-15/h11,14-17,24H,2-10,12H2,1H3/t16-,17+/m0/s1. The summed E-state index contributed by atoms with van der Waals surface area (Å²) in [6, 6.07) is -0.126. The third-order valence-electron chi connectivity index (χ3n) is 6.72. The maximum Gasteiger partial charge on any atom is 0.410 e. The van der Waals surface area contributed by atoms with Gasteiger partial charge in [0.05, 0.1) is 5.69 Å². The lowest BCUT2D eigenvalue weighted by molar-refractivity contribution is -0.174. The molecule has 1 amide bonds. The molecule has 156 valence electrons. The number of hydrogen-bond donors (Lipinski definition) is 1. The van der Waals surface area contributed by atoms with Crippen molar-refractivity contribution in [1.29, 1.82) is 0 Å². The van der Waals surface area contributed by atoms with Gasteiger partial charge in [0, 0.05) is 31.1 Å². The van der Waals surface area contributed by atoms with Gasteiger partial charge in [-0.3, -0.25) is 4.79 Å². The lowest BCUT2D eigenvalue weighted by atomic mass is 9.83. The number of fused-ring (bicyclic) bond motifs is 1. The highest BCUT2D eigenvalue weighted by molar-refractivity contribution is 5.79. The van der Waals surface area contributed by atoms with E-state index in [0.717, 1.165) is 43.2 Å². The molecule has 1 aliphatic carbocycles. The van der Waals surface area contributed by atoms with Crippen LogP contribution in [0.2, 0.25) is 0 Å². The average molecular weight is 398 g/mol. The fourth-order valence-corrected chi connectivity index (χ4v) is 5.16. The van der Waals surface area contributed by atoms with Crippen molar-refractivity contribution < 1.29 is 18.0 Å². The minimum atomic E-state index is -4.31. The summed E-state index contributed by atoms with van der Waals surface area (Å²) < 4.78 is 41.9. The molecule has 8 heteroatoms. The molecule has 3 heterocycles. The van der Waals surface area contributed by atoms with Crippen LogP contribution >= 0.6 is 0 Å². The highest BCUT2D eigenvalue weighted by Gasteiger charge is 2.47. The molecule has 3 aliphatic rings. The Labute approximate surface area is 163 Å². The van der Waals surface area contributed by atoms with Crippen LogP contribution in [0.4, 0.5) is 19.0 Å². The van der Waals surface area contributed by atoms with Crippen LogP contribution in [0.15, 0.2) is 6.07 Å². The maximum atomic E-state index is 13.6. The largest absolute Gasteiger partial charge is 0.410 e. The van der Waals surface area contributed by atoms with Crippen molar-refractivity contribution in [1.82, 2.24) is 14.7 Å². The van der Waals surface area contributed by atoms with E-state index < -0.39 is 12.2 Å². The van der Waals surface area contributed by atoms with Crippen LogP contribution in [0, 0.1) is 18.8 Å². The number of alkyl halides is 3. The SMILES string of the molecule is Cc1cc2n(n1)[C@@H](C(F)(F)F)C[C@@H](C1CCN(C(=O)C3CCCCC3)CC1)N2. The number of hydrogen-bond acceptors (Lipinski definition) is 3. The molecule has 1 saturated heterocycles. The first-order chi connectivity index (χ1) is 13.3. The van der Waals surface area contributed by atoms with Crippen molar-refractivity contribution in [3.05, 3.63) is 11.8 Å². The van der Waals surface area contributed by atoms with Crippen molar-refractivity contribution in [3.63, 3.8) is 0 Å². The monoisotopic (exact) mass is 398 g/mol. The number of nitrogens with one attached hydrogen (secondary N) is 1. The number of carbonyl (C=O) groups excluding carboxylic acids is 1. The number of aromatic nitrogens is 2. The number of piperidine rings is 1. The summed E-state index contributed by atoms with van der Waals surface area (Å²) >= 11 is 0. The number of anilines is 1. The Hall–Kier alpha value is -1.73. The Morgan fingerprint density at radius 1 is 1.14 bits per heavy atom. The minimum absolute atomic E-state index is 0.00113. The van der Waals surface area contributed by atoms with E-state index in [0.29, 0.717) is 24.6 Å². The molecule has 0 unspecified atom stereocenters. The van der Waals surface area contributed by atoms with Gasteiger partial charge in [0.2, 0.25) is 5.91 Å². The van der Waals surface area contributed by atoms with Gasteiger partial charge in [0.15, 0.2) is 6.04 Å². The van der Waals surface area contributed by atoms with Gasteiger partial charge in [0.25, 0.3) is 0 Å². The summed E-state index contributed by atoms with van der Waals surface area (Å²) in [5.74, 6) is 1.02. The second kappa shape index (κ2) is 7.59. The zero-order valence-electron chi connectivity index (χ0n) is 16.3. The van der Waals surface area contributed by atoms with E-state index >= 15 is 0 Å². The molecule has 2 fully saturated rings. The smallest absolute Gasteiger partial charge is 0.367 e. The Morgan fingerprint density at radius 3 is 2.46 bits per heavy atom. The molecule has 1 saturated carbocycles. The molecule has 0 spiro atoms. The molecule has 2 atom stereocenters. The number of likely N-dealkylation sites (tertiary alicyclic amines) is 1. The van der Waals surface area contributed by atoms with E-state index in [2.05, 4.69) is 10.4 Å². The first-order valence-corrected chi connectivity index (χ1v) is 10.5. The number of halogens is 3. The van der Waals surface area contributed by atoms with E-state index in [4.69, 9.17) is 0 Å². The van der Waals surface area contributed by atoms with Crippen molar-refractivity contribution in [2.45, 2.75) is 76.6 Å². The Morgan fingerprint density at radius 2 is 1.82 bits per heavy atom. The predicted octanol–water partition coefficient (Wildman–Crippen LogP) is 4.30. The second-order valence-electron chi connectivity index (χ2n) is 8.66. The molecular formula is C20H29F3N4O. The van der Waals surface area contributed by atoms with Crippen molar-refractivity contribution in [3.8, 4) is 0 Å². The van der Waals surface area contributed by atoms with Crippen LogP contribution in [0.5, 0.6) is 0 Å². The van der Waals surface area contributed by atoms with Gasteiger partial charge in [-0.2, -0.15) is 18.3 Å². The molecule has 0 bridgehead atoms. The Bertz CT molecular complexity index is 703. The molecule has 1 aromatic rings. The third kappa shape index (κ3) is 3.87. The van der Waals surface area contributed by atoms with E-state index in [1.165, 1.54) is 6.42 Å². The quantitative estimate of drug-likeness (QED) is 0.808. The Balaban J connectivity index is 1.40. The van der Waals surface area contributed by atoms with E-state index in [1.807, 2.05) is 4.90 Å². The number of nitrogens with zero attached hydrogens (tertiary/aromatic N) is 3. The van der Waals surface area contributed by atoms with E-state index in [1.54, 1.807) is 13.0 Å². The molecule has 4 rings (SSSR count). The molecule has 28 heavy (non-hydrogen) atoms. The van der Waals surface area contributed by atoms with Crippen LogP contribution in [-0.2, 0) is 4.79 Å². The lowest BCUT2D eigenvalue weighted by Gasteiger charge is -2.41. The Kier molecular flexibility index (Phi) is 5.31. The number of aryl methyl sites for hydroxylation is 1. The second-order valence-corrected chi connectivity index (χ2v) is 8.66. The minimum Gasteiger partial charge on any atom is -0.367 e. The normalized spacial score (nSPS) is 27.4. The zero-order chi connectivity index (χ0) is 19.9. The van der Waals surface area contributed by atoms with Gasteiger partial charge in [0.1, 0.15) is 5.82 Å². The van der Waals surface area contributed by atoms with Gasteiger partial charge in [-0.05, 0) is 44.9 Å². The van der Waals surface area contributed by atoms with E-state index in [-0.39, 0.29) is 30.2 Å². The number of rotatable bonds is 2. The first kappa shape index (κ1) is 19.6. The predicted molar refractivity (Wildman–Crippen MR) is 100.0 cm³/mol. The molecule has 2 aliphatic heterocycles. The average Bonchev–Trinajstić information content (AvgIpc) is 3.06. The molecule has 0 aromatic carbocycles.